The van der Waals surface area contributed by atoms with Crippen LogP contribution in [-0.2, 0) is 19.4 Å². The summed E-state index contributed by atoms with van der Waals surface area (Å²) in [5.74, 6) is 4.11. The molecule has 0 amide bonds. The van der Waals surface area contributed by atoms with E-state index < -0.39 is 0 Å². The van der Waals surface area contributed by atoms with E-state index in [1.54, 1.807) is 21.3 Å². The van der Waals surface area contributed by atoms with Crippen LogP contribution in [0.4, 0.5) is 5.82 Å². The van der Waals surface area contributed by atoms with Crippen molar-refractivity contribution in [2.45, 2.75) is 39.2 Å². The number of anilines is 1. The van der Waals surface area contributed by atoms with E-state index in [0.29, 0.717) is 17.2 Å². The SMILES string of the molecule is COc1cc(CN2CCN(c3nc(C)nc4c3CCCC4)CC2)cc(OC)c1OC. The zero-order chi connectivity index (χ0) is 21.1. The van der Waals surface area contributed by atoms with Gasteiger partial charge in [0.25, 0.3) is 0 Å². The maximum atomic E-state index is 5.50. The number of hydrogen-bond donors (Lipinski definition) is 0. The molecular formula is C23H32N4O3. The molecule has 0 atom stereocenters. The van der Waals surface area contributed by atoms with Gasteiger partial charge in [-0.1, -0.05) is 0 Å². The average molecular weight is 413 g/mol. The summed E-state index contributed by atoms with van der Waals surface area (Å²) in [6.45, 7) is 6.81. The fourth-order valence-corrected chi connectivity index (χ4v) is 4.56. The Balaban J connectivity index is 1.45. The van der Waals surface area contributed by atoms with Gasteiger partial charge in [-0.25, -0.2) is 9.97 Å². The molecule has 2 aliphatic rings. The van der Waals surface area contributed by atoms with Gasteiger partial charge >= 0.3 is 0 Å². The maximum Gasteiger partial charge on any atom is 0.203 e. The summed E-state index contributed by atoms with van der Waals surface area (Å²) in [5.41, 5.74) is 3.81. The smallest absolute Gasteiger partial charge is 0.203 e. The van der Waals surface area contributed by atoms with Crippen molar-refractivity contribution in [1.82, 2.24) is 14.9 Å². The first-order chi connectivity index (χ1) is 14.6. The summed E-state index contributed by atoms with van der Waals surface area (Å²) in [4.78, 5) is 14.5. The first-order valence-electron chi connectivity index (χ1n) is 10.8. The second-order valence-corrected chi connectivity index (χ2v) is 8.02. The Bertz CT molecular complexity index is 869. The van der Waals surface area contributed by atoms with Crippen LogP contribution in [0.5, 0.6) is 17.2 Å². The fraction of sp³-hybridized carbons (Fsp3) is 0.565. The summed E-state index contributed by atoms with van der Waals surface area (Å²) in [7, 11) is 4.95. The number of benzene rings is 1. The van der Waals surface area contributed by atoms with Crippen molar-refractivity contribution in [2.24, 2.45) is 0 Å². The predicted octanol–water partition coefficient (Wildman–Crippen LogP) is 3.01. The molecule has 1 aliphatic heterocycles. The highest BCUT2D eigenvalue weighted by Crippen LogP contribution is 2.38. The minimum atomic E-state index is 0.637. The number of aromatic nitrogens is 2. The summed E-state index contributed by atoms with van der Waals surface area (Å²) in [6.07, 6.45) is 4.68. The molecule has 0 bridgehead atoms. The van der Waals surface area contributed by atoms with E-state index in [2.05, 4.69) is 9.80 Å². The van der Waals surface area contributed by atoms with Crippen molar-refractivity contribution >= 4 is 5.82 Å². The Morgan fingerprint density at radius 2 is 1.53 bits per heavy atom. The monoisotopic (exact) mass is 412 g/mol. The minimum Gasteiger partial charge on any atom is -0.493 e. The molecule has 1 aromatic carbocycles. The average Bonchev–Trinajstić information content (AvgIpc) is 2.78. The molecule has 2 aromatic rings. The standard InChI is InChI=1S/C23H32N4O3/c1-16-24-19-8-6-5-7-18(19)23(25-16)27-11-9-26(10-12-27)15-17-13-20(28-2)22(30-4)21(14-17)29-3/h13-14H,5-12,15H2,1-4H3. The molecule has 30 heavy (non-hydrogen) atoms. The fourth-order valence-electron chi connectivity index (χ4n) is 4.56. The number of nitrogens with zero attached hydrogens (tertiary/aromatic N) is 4. The summed E-state index contributed by atoms with van der Waals surface area (Å²) >= 11 is 0. The van der Waals surface area contributed by atoms with Gasteiger partial charge in [0.15, 0.2) is 11.5 Å². The number of hydrogen-bond acceptors (Lipinski definition) is 7. The Kier molecular flexibility index (Phi) is 6.27. The van der Waals surface area contributed by atoms with Gasteiger partial charge in [0.1, 0.15) is 11.6 Å². The number of fused-ring (bicyclic) bond motifs is 1. The molecule has 7 heteroatoms. The van der Waals surface area contributed by atoms with Gasteiger partial charge in [-0.2, -0.15) is 0 Å². The van der Waals surface area contributed by atoms with Gasteiger partial charge in [-0.15, -0.1) is 0 Å². The van der Waals surface area contributed by atoms with Crippen molar-refractivity contribution in [3.05, 3.63) is 34.8 Å². The molecule has 7 nitrogen and oxygen atoms in total. The summed E-state index contributed by atoms with van der Waals surface area (Å²) in [6, 6.07) is 4.08. The van der Waals surface area contributed by atoms with E-state index >= 15 is 0 Å². The third-order valence-electron chi connectivity index (χ3n) is 6.08. The molecule has 4 rings (SSSR count). The van der Waals surface area contributed by atoms with Crippen molar-refractivity contribution in [3.8, 4) is 17.2 Å². The van der Waals surface area contributed by atoms with Crippen LogP contribution in [0.3, 0.4) is 0 Å². The van der Waals surface area contributed by atoms with E-state index in [1.165, 1.54) is 29.9 Å². The molecule has 162 valence electrons. The van der Waals surface area contributed by atoms with Gasteiger partial charge in [-0.05, 0) is 50.3 Å². The second-order valence-electron chi connectivity index (χ2n) is 8.02. The van der Waals surface area contributed by atoms with Crippen LogP contribution < -0.4 is 19.1 Å². The Hall–Kier alpha value is -2.54. The highest BCUT2D eigenvalue weighted by Gasteiger charge is 2.25. The number of methoxy groups -OCH3 is 3. The lowest BCUT2D eigenvalue weighted by atomic mass is 9.96. The lowest BCUT2D eigenvalue weighted by Gasteiger charge is -2.37. The zero-order valence-corrected chi connectivity index (χ0v) is 18.5. The minimum absolute atomic E-state index is 0.637. The molecule has 1 fully saturated rings. The van der Waals surface area contributed by atoms with Gasteiger partial charge < -0.3 is 19.1 Å². The quantitative estimate of drug-likeness (QED) is 0.723. The Labute approximate surface area is 179 Å². The first-order valence-corrected chi connectivity index (χ1v) is 10.8. The van der Waals surface area contributed by atoms with Crippen molar-refractivity contribution < 1.29 is 14.2 Å². The zero-order valence-electron chi connectivity index (χ0n) is 18.5. The molecule has 2 heterocycles. The second kappa shape index (κ2) is 9.08. The van der Waals surface area contributed by atoms with Crippen LogP contribution in [0.2, 0.25) is 0 Å². The highest BCUT2D eigenvalue weighted by molar-refractivity contribution is 5.54. The molecule has 0 unspecified atom stereocenters. The molecule has 1 aromatic heterocycles. The molecule has 0 N–H and O–H groups in total. The van der Waals surface area contributed by atoms with E-state index in [-0.39, 0.29) is 0 Å². The van der Waals surface area contributed by atoms with Crippen LogP contribution in [-0.4, -0.2) is 62.4 Å². The van der Waals surface area contributed by atoms with Gasteiger partial charge in [-0.3, -0.25) is 4.90 Å². The summed E-state index contributed by atoms with van der Waals surface area (Å²) in [5, 5.41) is 0. The molecule has 1 aliphatic carbocycles. The molecule has 0 radical (unpaired) electrons. The van der Waals surface area contributed by atoms with Gasteiger partial charge in [0, 0.05) is 44.0 Å². The number of aryl methyl sites for hydroxylation is 2. The molecule has 0 saturated carbocycles. The normalized spacial score (nSPS) is 16.9. The van der Waals surface area contributed by atoms with Crippen molar-refractivity contribution in [1.29, 1.82) is 0 Å². The number of piperazine rings is 1. The maximum absolute atomic E-state index is 5.50. The van der Waals surface area contributed by atoms with E-state index in [1.807, 2.05) is 19.1 Å². The number of ether oxygens (including phenoxy) is 3. The molecule has 1 saturated heterocycles. The van der Waals surface area contributed by atoms with Crippen LogP contribution >= 0.6 is 0 Å². The predicted molar refractivity (Wildman–Crippen MR) is 117 cm³/mol. The Morgan fingerprint density at radius 3 is 2.17 bits per heavy atom. The third kappa shape index (κ3) is 4.17. The lowest BCUT2D eigenvalue weighted by molar-refractivity contribution is 0.247. The van der Waals surface area contributed by atoms with Crippen LogP contribution in [0.25, 0.3) is 0 Å². The Morgan fingerprint density at radius 1 is 0.867 bits per heavy atom. The largest absolute Gasteiger partial charge is 0.493 e. The first kappa shape index (κ1) is 20.7. The van der Waals surface area contributed by atoms with Crippen molar-refractivity contribution in [2.75, 3.05) is 52.4 Å². The van der Waals surface area contributed by atoms with E-state index in [9.17, 15) is 0 Å². The van der Waals surface area contributed by atoms with Crippen LogP contribution in [0, 0.1) is 6.92 Å². The highest BCUT2D eigenvalue weighted by atomic mass is 16.5. The van der Waals surface area contributed by atoms with Gasteiger partial charge in [0.2, 0.25) is 5.75 Å². The van der Waals surface area contributed by atoms with Gasteiger partial charge in [0.05, 0.1) is 21.3 Å². The van der Waals surface area contributed by atoms with Crippen molar-refractivity contribution in [3.63, 3.8) is 0 Å². The topological polar surface area (TPSA) is 60.0 Å². The summed E-state index contributed by atoms with van der Waals surface area (Å²) < 4.78 is 16.4. The third-order valence-corrected chi connectivity index (χ3v) is 6.08. The van der Waals surface area contributed by atoms with E-state index in [4.69, 9.17) is 24.2 Å². The molecule has 0 spiro atoms. The van der Waals surface area contributed by atoms with E-state index in [0.717, 1.165) is 57.0 Å². The number of rotatable bonds is 6. The van der Waals surface area contributed by atoms with Crippen LogP contribution in [0.1, 0.15) is 35.5 Å². The lowest BCUT2D eigenvalue weighted by Crippen LogP contribution is -2.46. The van der Waals surface area contributed by atoms with Crippen LogP contribution in [0.15, 0.2) is 12.1 Å². The molecular weight excluding hydrogens is 380 g/mol.